The minimum atomic E-state index is -4.85. The molecular formula is C17H17F3N2O6. The molecule has 2 amide bonds. The molecule has 0 unspecified atom stereocenters. The summed E-state index contributed by atoms with van der Waals surface area (Å²) in [6.45, 7) is 2.85. The van der Waals surface area contributed by atoms with Gasteiger partial charge in [-0.15, -0.1) is 13.2 Å². The molecule has 1 aromatic rings. The molecule has 0 fully saturated rings. The largest absolute Gasteiger partial charge is 0.573 e. The van der Waals surface area contributed by atoms with E-state index in [4.69, 9.17) is 9.47 Å². The number of carbonyl (C=O) groups is 3. The second-order valence-corrected chi connectivity index (χ2v) is 5.58. The molecule has 0 saturated heterocycles. The molecule has 1 aliphatic heterocycles. The van der Waals surface area contributed by atoms with Crippen LogP contribution in [0, 0.1) is 0 Å². The summed E-state index contributed by atoms with van der Waals surface area (Å²) in [6.07, 6.45) is -4.85. The first-order valence-electron chi connectivity index (χ1n) is 8.11. The highest BCUT2D eigenvalue weighted by molar-refractivity contribution is 5.95. The number of esters is 2. The van der Waals surface area contributed by atoms with Gasteiger partial charge in [-0.25, -0.2) is 14.4 Å². The number of urea groups is 1. The highest BCUT2D eigenvalue weighted by Crippen LogP contribution is 2.23. The summed E-state index contributed by atoms with van der Waals surface area (Å²) in [4.78, 5) is 35.8. The highest BCUT2D eigenvalue weighted by Gasteiger charge is 2.32. The van der Waals surface area contributed by atoms with E-state index in [1.807, 2.05) is 0 Å². The number of halogens is 3. The first-order chi connectivity index (χ1) is 13.1. The van der Waals surface area contributed by atoms with Crippen molar-refractivity contribution in [2.45, 2.75) is 26.3 Å². The van der Waals surface area contributed by atoms with Crippen LogP contribution >= 0.6 is 0 Å². The molecule has 0 radical (unpaired) electrons. The van der Waals surface area contributed by atoms with E-state index >= 15 is 0 Å². The molecule has 0 spiro atoms. The Morgan fingerprint density at radius 3 is 2.32 bits per heavy atom. The Morgan fingerprint density at radius 2 is 1.75 bits per heavy atom. The monoisotopic (exact) mass is 402 g/mol. The van der Waals surface area contributed by atoms with Gasteiger partial charge in [0.2, 0.25) is 0 Å². The van der Waals surface area contributed by atoms with Gasteiger partial charge in [-0.3, -0.25) is 0 Å². The first kappa shape index (κ1) is 21.1. The summed E-state index contributed by atoms with van der Waals surface area (Å²) in [7, 11) is 0. The molecule has 11 heteroatoms. The molecule has 1 aromatic carbocycles. The van der Waals surface area contributed by atoms with Crippen molar-refractivity contribution in [3.63, 3.8) is 0 Å². The smallest absolute Gasteiger partial charge is 0.463 e. The third kappa shape index (κ3) is 5.63. The van der Waals surface area contributed by atoms with Crippen molar-refractivity contribution < 1.29 is 41.8 Å². The fourth-order valence-electron chi connectivity index (χ4n) is 2.41. The number of alkyl halides is 3. The minimum Gasteiger partial charge on any atom is -0.463 e. The average molecular weight is 402 g/mol. The van der Waals surface area contributed by atoms with E-state index in [0.717, 1.165) is 24.3 Å². The normalized spacial score (nSPS) is 16.8. The van der Waals surface area contributed by atoms with Gasteiger partial charge in [0.15, 0.2) is 0 Å². The predicted molar refractivity (Wildman–Crippen MR) is 88.2 cm³/mol. The summed E-state index contributed by atoms with van der Waals surface area (Å²) < 4.78 is 50.1. The second kappa shape index (κ2) is 8.63. The Labute approximate surface area is 157 Å². The standard InChI is InChI=1S/C17H17F3N2O6/c1-3-26-15(24)13-9(2)21-16(25)22-12(13)8-27-14(23)10-4-6-11(7-5-10)28-17(18,19)20/h4-7,9H,3,8H2,1-2H3,(H2,21,22,25)/t9-/m1/s1. The number of amides is 2. The van der Waals surface area contributed by atoms with Crippen molar-refractivity contribution in [3.8, 4) is 5.75 Å². The second-order valence-electron chi connectivity index (χ2n) is 5.58. The lowest BCUT2D eigenvalue weighted by atomic mass is 10.0. The molecule has 0 aliphatic carbocycles. The van der Waals surface area contributed by atoms with Gasteiger partial charge < -0.3 is 24.8 Å². The van der Waals surface area contributed by atoms with E-state index in [1.54, 1.807) is 13.8 Å². The molecule has 2 N–H and O–H groups in total. The SMILES string of the molecule is CCOC(=O)C1=C(COC(=O)c2ccc(OC(F)(F)F)cc2)NC(=O)N[C@@H]1C. The van der Waals surface area contributed by atoms with E-state index in [-0.39, 0.29) is 23.4 Å². The van der Waals surface area contributed by atoms with Crippen LogP contribution in [0.25, 0.3) is 0 Å². The van der Waals surface area contributed by atoms with E-state index in [0.29, 0.717) is 0 Å². The average Bonchev–Trinajstić information content (AvgIpc) is 2.58. The maximum Gasteiger partial charge on any atom is 0.573 e. The van der Waals surface area contributed by atoms with Crippen LogP contribution in [0.4, 0.5) is 18.0 Å². The van der Waals surface area contributed by atoms with E-state index in [2.05, 4.69) is 15.4 Å². The van der Waals surface area contributed by atoms with Crippen molar-refractivity contribution in [2.75, 3.05) is 13.2 Å². The van der Waals surface area contributed by atoms with Crippen LogP contribution in [0.15, 0.2) is 35.5 Å². The van der Waals surface area contributed by atoms with Gasteiger partial charge in [0.25, 0.3) is 0 Å². The van der Waals surface area contributed by atoms with Gasteiger partial charge in [0, 0.05) is 0 Å². The van der Waals surface area contributed by atoms with E-state index in [9.17, 15) is 27.6 Å². The molecule has 0 bridgehead atoms. The summed E-state index contributed by atoms with van der Waals surface area (Å²) >= 11 is 0. The maximum atomic E-state index is 12.2. The molecule has 1 atom stereocenters. The Hall–Kier alpha value is -3.24. The highest BCUT2D eigenvalue weighted by atomic mass is 19.4. The molecule has 1 aliphatic rings. The van der Waals surface area contributed by atoms with Crippen molar-refractivity contribution in [1.82, 2.24) is 10.6 Å². The summed E-state index contributed by atoms with van der Waals surface area (Å²) in [6, 6.07) is 2.85. The number of nitrogens with one attached hydrogen (secondary N) is 2. The number of hydrogen-bond acceptors (Lipinski definition) is 6. The summed E-state index contributed by atoms with van der Waals surface area (Å²) in [5.41, 5.74) is 0.115. The number of benzene rings is 1. The van der Waals surface area contributed by atoms with Crippen molar-refractivity contribution in [3.05, 3.63) is 41.1 Å². The zero-order chi connectivity index (χ0) is 20.9. The fraction of sp³-hybridized carbons (Fsp3) is 0.353. The number of carbonyl (C=O) groups excluding carboxylic acids is 3. The Balaban J connectivity index is 2.09. The maximum absolute atomic E-state index is 12.2. The Bertz CT molecular complexity index is 789. The topological polar surface area (TPSA) is 103 Å². The Kier molecular flexibility index (Phi) is 6.49. The Morgan fingerprint density at radius 1 is 1.11 bits per heavy atom. The quantitative estimate of drug-likeness (QED) is 0.708. The number of ether oxygens (including phenoxy) is 3. The number of rotatable bonds is 6. The molecule has 2 rings (SSSR count). The van der Waals surface area contributed by atoms with Gasteiger partial charge in [-0.05, 0) is 38.1 Å². The fourth-order valence-corrected chi connectivity index (χ4v) is 2.41. The van der Waals surface area contributed by atoms with Crippen LogP contribution in [0.1, 0.15) is 24.2 Å². The van der Waals surface area contributed by atoms with Crippen LogP contribution in [-0.2, 0) is 14.3 Å². The molecule has 152 valence electrons. The molecule has 0 saturated carbocycles. The summed E-state index contributed by atoms with van der Waals surface area (Å²) in [5.74, 6) is -2.03. The van der Waals surface area contributed by atoms with Crippen LogP contribution < -0.4 is 15.4 Å². The van der Waals surface area contributed by atoms with Gasteiger partial charge in [0.1, 0.15) is 12.4 Å². The van der Waals surface area contributed by atoms with E-state index < -0.39 is 42.7 Å². The van der Waals surface area contributed by atoms with Gasteiger partial charge in [-0.2, -0.15) is 0 Å². The lowest BCUT2D eigenvalue weighted by Gasteiger charge is -2.26. The van der Waals surface area contributed by atoms with E-state index in [1.165, 1.54) is 0 Å². The summed E-state index contributed by atoms with van der Waals surface area (Å²) in [5, 5.41) is 4.87. The van der Waals surface area contributed by atoms with Gasteiger partial charge >= 0.3 is 24.3 Å². The zero-order valence-electron chi connectivity index (χ0n) is 14.9. The van der Waals surface area contributed by atoms with Gasteiger partial charge in [-0.1, -0.05) is 0 Å². The molecule has 0 aromatic heterocycles. The molecule has 28 heavy (non-hydrogen) atoms. The molecule has 1 heterocycles. The van der Waals surface area contributed by atoms with Crippen LogP contribution in [0.3, 0.4) is 0 Å². The predicted octanol–water partition coefficient (Wildman–Crippen LogP) is 2.26. The van der Waals surface area contributed by atoms with Crippen LogP contribution in [0.2, 0.25) is 0 Å². The van der Waals surface area contributed by atoms with Crippen LogP contribution in [-0.4, -0.2) is 43.6 Å². The van der Waals surface area contributed by atoms with Crippen LogP contribution in [0.5, 0.6) is 5.75 Å². The molecular weight excluding hydrogens is 385 g/mol. The third-order valence-corrected chi connectivity index (χ3v) is 3.54. The molecule has 8 nitrogen and oxygen atoms in total. The number of hydrogen-bond donors (Lipinski definition) is 2. The van der Waals surface area contributed by atoms with Crippen molar-refractivity contribution in [1.29, 1.82) is 0 Å². The first-order valence-corrected chi connectivity index (χ1v) is 8.11. The zero-order valence-corrected chi connectivity index (χ0v) is 14.9. The van der Waals surface area contributed by atoms with Gasteiger partial charge in [0.05, 0.1) is 29.5 Å². The lowest BCUT2D eigenvalue weighted by Crippen LogP contribution is -2.50. The third-order valence-electron chi connectivity index (χ3n) is 3.54. The van der Waals surface area contributed by atoms with Crippen molar-refractivity contribution >= 4 is 18.0 Å². The van der Waals surface area contributed by atoms with Crippen molar-refractivity contribution in [2.24, 2.45) is 0 Å². The minimum absolute atomic E-state index is 0.0406. The lowest BCUT2D eigenvalue weighted by molar-refractivity contribution is -0.274.